The zero-order valence-electron chi connectivity index (χ0n) is 10.7. The van der Waals surface area contributed by atoms with Gasteiger partial charge in [0, 0.05) is 17.5 Å². The summed E-state index contributed by atoms with van der Waals surface area (Å²) < 4.78 is 6.18. The lowest BCUT2D eigenvalue weighted by Gasteiger charge is -2.37. The van der Waals surface area contributed by atoms with Gasteiger partial charge in [-0.15, -0.1) is 0 Å². The Kier molecular flexibility index (Phi) is 3.07. The Balaban J connectivity index is 2.47. The number of aryl methyl sites for hydroxylation is 1. The van der Waals surface area contributed by atoms with Gasteiger partial charge in [0.15, 0.2) is 13.9 Å². The molecule has 2 rings (SSSR count). The standard InChI is InChI=1S/C13H18N2OSi/c1-17(2,3)16-13(10-14)8-4-7-12-11(13)6-5-9-15-12/h5-6,9H,4,7-8H2,1-3H3. The summed E-state index contributed by atoms with van der Waals surface area (Å²) in [6.07, 6.45) is 4.50. The summed E-state index contributed by atoms with van der Waals surface area (Å²) in [5.41, 5.74) is 1.25. The van der Waals surface area contributed by atoms with E-state index in [2.05, 4.69) is 30.7 Å². The van der Waals surface area contributed by atoms with Crippen LogP contribution in [0.2, 0.25) is 19.6 Å². The minimum Gasteiger partial charge on any atom is -0.396 e. The fourth-order valence-corrected chi connectivity index (χ4v) is 3.72. The van der Waals surface area contributed by atoms with E-state index in [9.17, 15) is 5.26 Å². The molecule has 0 radical (unpaired) electrons. The monoisotopic (exact) mass is 246 g/mol. The van der Waals surface area contributed by atoms with Crippen LogP contribution in [0.15, 0.2) is 18.3 Å². The smallest absolute Gasteiger partial charge is 0.186 e. The van der Waals surface area contributed by atoms with Crippen molar-refractivity contribution in [1.82, 2.24) is 4.98 Å². The molecule has 90 valence electrons. The minimum absolute atomic E-state index is 0.758. The van der Waals surface area contributed by atoms with Crippen LogP contribution in [0.5, 0.6) is 0 Å². The van der Waals surface area contributed by atoms with Gasteiger partial charge in [-0.1, -0.05) is 6.07 Å². The molecule has 0 spiro atoms. The molecule has 0 aromatic carbocycles. The van der Waals surface area contributed by atoms with Crippen molar-refractivity contribution in [2.75, 3.05) is 0 Å². The molecule has 1 unspecified atom stereocenters. The lowest BCUT2D eigenvalue weighted by Crippen LogP contribution is -2.42. The highest BCUT2D eigenvalue weighted by Crippen LogP contribution is 2.39. The predicted octanol–water partition coefficient (Wildman–Crippen LogP) is 2.99. The van der Waals surface area contributed by atoms with Gasteiger partial charge in [-0.3, -0.25) is 4.98 Å². The van der Waals surface area contributed by atoms with Gasteiger partial charge in [-0.2, -0.15) is 5.26 Å². The summed E-state index contributed by atoms with van der Waals surface area (Å²) in [6, 6.07) is 6.29. The quantitative estimate of drug-likeness (QED) is 0.754. The third kappa shape index (κ3) is 2.40. The van der Waals surface area contributed by atoms with Gasteiger partial charge >= 0.3 is 0 Å². The Morgan fingerprint density at radius 3 is 2.88 bits per heavy atom. The molecule has 1 aromatic heterocycles. The minimum atomic E-state index is -1.76. The van der Waals surface area contributed by atoms with Crippen LogP contribution in [0.4, 0.5) is 0 Å². The maximum atomic E-state index is 9.57. The molecular formula is C13H18N2OSi. The fraction of sp³-hybridized carbons (Fsp3) is 0.538. The molecule has 0 aliphatic heterocycles. The third-order valence-corrected chi connectivity index (χ3v) is 3.89. The van der Waals surface area contributed by atoms with E-state index in [1.54, 1.807) is 6.20 Å². The van der Waals surface area contributed by atoms with E-state index in [1.165, 1.54) is 0 Å². The van der Waals surface area contributed by atoms with Crippen molar-refractivity contribution in [2.45, 2.75) is 44.5 Å². The molecule has 0 bridgehead atoms. The van der Waals surface area contributed by atoms with E-state index < -0.39 is 13.9 Å². The van der Waals surface area contributed by atoms with Gasteiger partial charge in [-0.05, 0) is 45.0 Å². The topological polar surface area (TPSA) is 45.9 Å². The number of pyridine rings is 1. The summed E-state index contributed by atoms with van der Waals surface area (Å²) in [7, 11) is -1.76. The number of nitriles is 1. The van der Waals surface area contributed by atoms with Crippen molar-refractivity contribution in [3.05, 3.63) is 29.6 Å². The summed E-state index contributed by atoms with van der Waals surface area (Å²) >= 11 is 0. The summed E-state index contributed by atoms with van der Waals surface area (Å²) in [5.74, 6) is 0. The van der Waals surface area contributed by atoms with Crippen LogP contribution < -0.4 is 0 Å². The molecule has 1 heterocycles. The molecule has 3 nitrogen and oxygen atoms in total. The number of fused-ring (bicyclic) bond motifs is 1. The number of nitrogens with zero attached hydrogens (tertiary/aromatic N) is 2. The number of rotatable bonds is 2. The first-order valence-corrected chi connectivity index (χ1v) is 9.43. The third-order valence-electron chi connectivity index (χ3n) is 2.93. The molecule has 0 saturated heterocycles. The molecule has 1 atom stereocenters. The molecular weight excluding hydrogens is 228 g/mol. The normalized spacial score (nSPS) is 23.9. The second-order valence-corrected chi connectivity index (χ2v) is 9.93. The molecule has 1 aliphatic carbocycles. The molecule has 0 saturated carbocycles. The van der Waals surface area contributed by atoms with Crippen LogP contribution in [0.25, 0.3) is 0 Å². The van der Waals surface area contributed by atoms with Gasteiger partial charge in [0.05, 0.1) is 0 Å². The maximum absolute atomic E-state index is 9.57. The van der Waals surface area contributed by atoms with Crippen molar-refractivity contribution >= 4 is 8.32 Å². The van der Waals surface area contributed by atoms with E-state index >= 15 is 0 Å². The Hall–Kier alpha value is -1.18. The molecule has 0 N–H and O–H groups in total. The first kappa shape index (κ1) is 12.3. The van der Waals surface area contributed by atoms with Crippen LogP contribution in [0, 0.1) is 11.3 Å². The molecule has 0 fully saturated rings. The Morgan fingerprint density at radius 1 is 1.47 bits per heavy atom. The molecule has 17 heavy (non-hydrogen) atoms. The maximum Gasteiger partial charge on any atom is 0.186 e. The van der Waals surface area contributed by atoms with Crippen molar-refractivity contribution < 1.29 is 4.43 Å². The Morgan fingerprint density at radius 2 is 2.24 bits per heavy atom. The van der Waals surface area contributed by atoms with Crippen LogP contribution in [0.1, 0.15) is 24.1 Å². The first-order valence-electron chi connectivity index (χ1n) is 6.03. The lowest BCUT2D eigenvalue weighted by atomic mass is 9.83. The van der Waals surface area contributed by atoms with Crippen LogP contribution >= 0.6 is 0 Å². The summed E-state index contributed by atoms with van der Waals surface area (Å²) in [6.45, 7) is 6.37. The van der Waals surface area contributed by atoms with E-state index in [4.69, 9.17) is 4.43 Å². The Labute approximate surface area is 104 Å². The van der Waals surface area contributed by atoms with E-state index in [1.807, 2.05) is 12.1 Å². The largest absolute Gasteiger partial charge is 0.396 e. The zero-order valence-corrected chi connectivity index (χ0v) is 11.7. The van der Waals surface area contributed by atoms with Crippen molar-refractivity contribution in [1.29, 1.82) is 5.26 Å². The van der Waals surface area contributed by atoms with Crippen LogP contribution in [-0.4, -0.2) is 13.3 Å². The van der Waals surface area contributed by atoms with Crippen molar-refractivity contribution in [2.24, 2.45) is 0 Å². The summed E-state index contributed by atoms with van der Waals surface area (Å²) in [5, 5.41) is 9.57. The number of hydrogen-bond acceptors (Lipinski definition) is 3. The highest BCUT2D eigenvalue weighted by molar-refractivity contribution is 6.69. The van der Waals surface area contributed by atoms with Gasteiger partial charge in [0.25, 0.3) is 0 Å². The second kappa shape index (κ2) is 4.24. The van der Waals surface area contributed by atoms with Gasteiger partial charge < -0.3 is 4.43 Å². The molecule has 0 amide bonds. The average molecular weight is 246 g/mol. The van der Waals surface area contributed by atoms with Crippen molar-refractivity contribution in [3.63, 3.8) is 0 Å². The highest BCUT2D eigenvalue weighted by Gasteiger charge is 2.41. The highest BCUT2D eigenvalue weighted by atomic mass is 28.4. The first-order chi connectivity index (χ1) is 7.97. The van der Waals surface area contributed by atoms with E-state index in [0.717, 1.165) is 30.5 Å². The van der Waals surface area contributed by atoms with Crippen molar-refractivity contribution in [3.8, 4) is 6.07 Å². The van der Waals surface area contributed by atoms with E-state index in [-0.39, 0.29) is 0 Å². The zero-order chi connectivity index (χ0) is 12.5. The molecule has 1 aromatic rings. The average Bonchev–Trinajstić information content (AvgIpc) is 2.27. The van der Waals surface area contributed by atoms with Gasteiger partial charge in [0.1, 0.15) is 6.07 Å². The number of hydrogen-bond donors (Lipinski definition) is 0. The second-order valence-electron chi connectivity index (χ2n) is 5.50. The number of aromatic nitrogens is 1. The van der Waals surface area contributed by atoms with Crippen LogP contribution in [0.3, 0.4) is 0 Å². The summed E-state index contributed by atoms with van der Waals surface area (Å²) in [4.78, 5) is 4.38. The predicted molar refractivity (Wildman–Crippen MR) is 68.9 cm³/mol. The van der Waals surface area contributed by atoms with Crippen LogP contribution in [-0.2, 0) is 16.4 Å². The van der Waals surface area contributed by atoms with E-state index in [0.29, 0.717) is 0 Å². The van der Waals surface area contributed by atoms with Gasteiger partial charge in [-0.25, -0.2) is 0 Å². The molecule has 1 aliphatic rings. The lowest BCUT2D eigenvalue weighted by molar-refractivity contribution is 0.0974. The SMILES string of the molecule is C[Si](C)(C)OC1(C#N)CCCc2ncccc21. The Bertz CT molecular complexity index is 461. The van der Waals surface area contributed by atoms with Gasteiger partial charge in [0.2, 0.25) is 0 Å². The fourth-order valence-electron chi connectivity index (χ4n) is 2.41. The molecule has 4 heteroatoms.